The summed E-state index contributed by atoms with van der Waals surface area (Å²) in [4.78, 5) is 15.3. The van der Waals surface area contributed by atoms with E-state index in [4.69, 9.17) is 16.3 Å². The van der Waals surface area contributed by atoms with Gasteiger partial charge in [-0.05, 0) is 36.4 Å². The number of ether oxygens (including phenoxy) is 1. The van der Waals surface area contributed by atoms with Crippen molar-refractivity contribution < 1.29 is 13.9 Å². The maximum absolute atomic E-state index is 12.9. The molecule has 0 unspecified atom stereocenters. The van der Waals surface area contributed by atoms with E-state index in [1.807, 2.05) is 18.2 Å². The Balaban J connectivity index is 1.66. The summed E-state index contributed by atoms with van der Waals surface area (Å²) in [6.07, 6.45) is 0. The van der Waals surface area contributed by atoms with Gasteiger partial charge in [-0.15, -0.1) is 11.8 Å². The van der Waals surface area contributed by atoms with Crippen LogP contribution in [0.2, 0.25) is 5.02 Å². The summed E-state index contributed by atoms with van der Waals surface area (Å²) in [5, 5.41) is 3.53. The van der Waals surface area contributed by atoms with Crippen LogP contribution in [0.5, 0.6) is 0 Å². The number of halogens is 2. The molecular weight excluding hydrogens is 363 g/mol. The Morgan fingerprint density at radius 1 is 1.20 bits per heavy atom. The minimum absolute atomic E-state index is 0.133. The van der Waals surface area contributed by atoms with Gasteiger partial charge in [-0.25, -0.2) is 4.39 Å². The Labute approximate surface area is 155 Å². The highest BCUT2D eigenvalue weighted by Gasteiger charge is 2.19. The van der Waals surface area contributed by atoms with E-state index in [9.17, 15) is 9.18 Å². The molecule has 132 valence electrons. The molecule has 1 fully saturated rings. The molecule has 1 heterocycles. The van der Waals surface area contributed by atoms with Gasteiger partial charge < -0.3 is 15.0 Å². The minimum atomic E-state index is -0.289. The van der Waals surface area contributed by atoms with E-state index in [2.05, 4.69) is 10.2 Å². The number of nitrogens with zero attached hydrogens (tertiary/aromatic N) is 1. The van der Waals surface area contributed by atoms with Gasteiger partial charge in [0.15, 0.2) is 0 Å². The summed E-state index contributed by atoms with van der Waals surface area (Å²) < 4.78 is 18.3. The van der Waals surface area contributed by atoms with Crippen LogP contribution in [0.1, 0.15) is 0 Å². The Bertz CT molecular complexity index is 736. The molecule has 1 saturated heterocycles. The average molecular weight is 381 g/mol. The van der Waals surface area contributed by atoms with E-state index in [0.29, 0.717) is 23.9 Å². The highest BCUT2D eigenvalue weighted by molar-refractivity contribution is 8.00. The highest BCUT2D eigenvalue weighted by atomic mass is 35.5. The van der Waals surface area contributed by atoms with E-state index >= 15 is 0 Å². The van der Waals surface area contributed by atoms with Crippen LogP contribution in [-0.4, -0.2) is 38.0 Å². The number of carbonyl (C=O) groups is 1. The number of thioether (sulfide) groups is 1. The second-order valence-electron chi connectivity index (χ2n) is 5.53. The largest absolute Gasteiger partial charge is 0.378 e. The van der Waals surface area contributed by atoms with Crippen molar-refractivity contribution in [1.29, 1.82) is 0 Å². The number of anilines is 2. The molecule has 2 aromatic carbocycles. The third kappa shape index (κ3) is 4.87. The van der Waals surface area contributed by atoms with Gasteiger partial charge in [0.2, 0.25) is 5.91 Å². The molecule has 0 aliphatic carbocycles. The Hall–Kier alpha value is -1.76. The van der Waals surface area contributed by atoms with Gasteiger partial charge in [0.1, 0.15) is 5.82 Å². The van der Waals surface area contributed by atoms with Crippen LogP contribution in [0.3, 0.4) is 0 Å². The van der Waals surface area contributed by atoms with Crippen LogP contribution in [0.25, 0.3) is 0 Å². The predicted octanol–water partition coefficient (Wildman–Crippen LogP) is 4.05. The molecule has 0 radical (unpaired) electrons. The first kappa shape index (κ1) is 18.0. The number of para-hydroxylation sites is 1. The number of carbonyl (C=O) groups excluding carboxylic acids is 1. The number of hydrogen-bond acceptors (Lipinski definition) is 4. The smallest absolute Gasteiger partial charge is 0.234 e. The molecule has 0 bridgehead atoms. The number of nitrogens with one attached hydrogen (secondary N) is 1. The zero-order chi connectivity index (χ0) is 17.6. The first-order valence-electron chi connectivity index (χ1n) is 7.93. The Kier molecular flexibility index (Phi) is 6.18. The van der Waals surface area contributed by atoms with E-state index in [0.717, 1.165) is 23.7 Å². The van der Waals surface area contributed by atoms with Crippen molar-refractivity contribution in [1.82, 2.24) is 0 Å². The molecule has 7 heteroatoms. The van der Waals surface area contributed by atoms with Gasteiger partial charge in [-0.1, -0.05) is 17.7 Å². The Morgan fingerprint density at radius 3 is 2.64 bits per heavy atom. The highest BCUT2D eigenvalue weighted by Crippen LogP contribution is 2.34. The molecule has 4 nitrogen and oxygen atoms in total. The molecule has 0 saturated carbocycles. The summed E-state index contributed by atoms with van der Waals surface area (Å²) in [5.41, 5.74) is 1.52. The summed E-state index contributed by atoms with van der Waals surface area (Å²) in [7, 11) is 0. The third-order valence-electron chi connectivity index (χ3n) is 3.77. The first-order chi connectivity index (χ1) is 12.1. The fraction of sp³-hybridized carbons (Fsp3) is 0.278. The average Bonchev–Trinajstić information content (AvgIpc) is 2.62. The van der Waals surface area contributed by atoms with Crippen molar-refractivity contribution in [2.24, 2.45) is 0 Å². The van der Waals surface area contributed by atoms with Crippen molar-refractivity contribution in [3.8, 4) is 0 Å². The van der Waals surface area contributed by atoms with Crippen molar-refractivity contribution in [3.05, 3.63) is 53.3 Å². The van der Waals surface area contributed by atoms with Gasteiger partial charge in [0, 0.05) is 18.0 Å². The fourth-order valence-corrected chi connectivity index (χ4v) is 3.58. The summed E-state index contributed by atoms with van der Waals surface area (Å²) in [5.74, 6) is -0.185. The zero-order valence-corrected chi connectivity index (χ0v) is 15.1. The number of hydrogen-bond donors (Lipinski definition) is 1. The summed E-state index contributed by atoms with van der Waals surface area (Å²) >= 11 is 7.72. The Morgan fingerprint density at radius 2 is 1.92 bits per heavy atom. The van der Waals surface area contributed by atoms with E-state index in [1.54, 1.807) is 12.1 Å². The van der Waals surface area contributed by atoms with Gasteiger partial charge in [-0.3, -0.25) is 4.79 Å². The zero-order valence-electron chi connectivity index (χ0n) is 13.5. The topological polar surface area (TPSA) is 41.6 Å². The van der Waals surface area contributed by atoms with Gasteiger partial charge >= 0.3 is 0 Å². The molecule has 0 spiro atoms. The maximum Gasteiger partial charge on any atom is 0.234 e. The lowest BCUT2D eigenvalue weighted by atomic mass is 10.2. The molecule has 0 atom stereocenters. The second-order valence-corrected chi connectivity index (χ2v) is 6.98. The quantitative estimate of drug-likeness (QED) is 0.795. The minimum Gasteiger partial charge on any atom is -0.378 e. The summed E-state index contributed by atoms with van der Waals surface area (Å²) in [6.45, 7) is 2.74. The molecule has 2 aromatic rings. The molecule has 1 amide bonds. The summed E-state index contributed by atoms with van der Waals surface area (Å²) in [6, 6.07) is 11.6. The van der Waals surface area contributed by atoms with E-state index in [-0.39, 0.29) is 17.5 Å². The fourth-order valence-electron chi connectivity index (χ4n) is 2.59. The molecule has 0 aromatic heterocycles. The van der Waals surface area contributed by atoms with Crippen molar-refractivity contribution >= 4 is 40.6 Å². The lowest BCUT2D eigenvalue weighted by Crippen LogP contribution is -2.37. The molecular formula is C18H18ClFN2O2S. The number of morpholine rings is 1. The molecule has 1 aliphatic heterocycles. The molecule has 25 heavy (non-hydrogen) atoms. The van der Waals surface area contributed by atoms with Gasteiger partial charge in [0.05, 0.1) is 35.4 Å². The van der Waals surface area contributed by atoms with Crippen LogP contribution >= 0.6 is 23.4 Å². The van der Waals surface area contributed by atoms with Crippen molar-refractivity contribution in [2.45, 2.75) is 4.90 Å². The molecule has 1 aliphatic rings. The normalized spacial score (nSPS) is 14.4. The second kappa shape index (κ2) is 8.56. The number of benzene rings is 2. The van der Waals surface area contributed by atoms with E-state index < -0.39 is 0 Å². The molecule has 3 rings (SSSR count). The van der Waals surface area contributed by atoms with E-state index in [1.165, 1.54) is 23.9 Å². The van der Waals surface area contributed by atoms with Gasteiger partial charge in [-0.2, -0.15) is 0 Å². The standard InChI is InChI=1S/C18H18ClFN2O2S/c19-15-2-1-3-16(18(15)22-8-10-24-11-9-22)21-17(23)12-25-14-6-4-13(20)5-7-14/h1-7H,8-12H2,(H,21,23). The van der Waals surface area contributed by atoms with Crippen LogP contribution in [0, 0.1) is 5.82 Å². The van der Waals surface area contributed by atoms with Gasteiger partial charge in [0.25, 0.3) is 0 Å². The van der Waals surface area contributed by atoms with Crippen molar-refractivity contribution in [2.75, 3.05) is 42.3 Å². The third-order valence-corrected chi connectivity index (χ3v) is 5.09. The SMILES string of the molecule is O=C(CSc1ccc(F)cc1)Nc1cccc(Cl)c1N1CCOCC1. The van der Waals surface area contributed by atoms with Crippen LogP contribution < -0.4 is 10.2 Å². The number of amides is 1. The predicted molar refractivity (Wildman–Crippen MR) is 100 cm³/mol. The molecule has 1 N–H and O–H groups in total. The maximum atomic E-state index is 12.9. The van der Waals surface area contributed by atoms with Crippen LogP contribution in [0.4, 0.5) is 15.8 Å². The number of rotatable bonds is 5. The van der Waals surface area contributed by atoms with Crippen molar-refractivity contribution in [3.63, 3.8) is 0 Å². The monoisotopic (exact) mass is 380 g/mol. The lowest BCUT2D eigenvalue weighted by molar-refractivity contribution is -0.113. The first-order valence-corrected chi connectivity index (χ1v) is 9.29. The van der Waals surface area contributed by atoms with Crippen LogP contribution in [-0.2, 0) is 9.53 Å². The van der Waals surface area contributed by atoms with Crippen LogP contribution in [0.15, 0.2) is 47.4 Å². The lowest BCUT2D eigenvalue weighted by Gasteiger charge is -2.31.